The summed E-state index contributed by atoms with van der Waals surface area (Å²) in [5.74, 6) is -12.5. The Kier molecular flexibility index (Phi) is 4.31. The molecule has 0 aliphatic heterocycles. The maximum absolute atomic E-state index is 14.6. The number of benzene rings is 2. The SMILES string of the molecule is NS(=O)(=O)C12CCC(Cc3ccccc3C1)C2c1c(F)c(F)c(F)c(F)c1F. The lowest BCUT2D eigenvalue weighted by Crippen LogP contribution is -2.48. The highest BCUT2D eigenvalue weighted by Gasteiger charge is 2.59. The Hall–Kier alpha value is -2.00. The first-order valence-electron chi connectivity index (χ1n) is 8.69. The molecule has 2 aliphatic carbocycles. The van der Waals surface area contributed by atoms with Crippen LogP contribution in [0, 0.1) is 35.0 Å². The van der Waals surface area contributed by atoms with Crippen molar-refractivity contribution in [3.05, 3.63) is 70.0 Å². The number of primary sulfonamides is 1. The van der Waals surface area contributed by atoms with E-state index in [1.54, 1.807) is 24.3 Å². The number of fused-ring (bicyclic) bond motifs is 3. The van der Waals surface area contributed by atoms with E-state index in [1.807, 2.05) is 0 Å². The number of rotatable bonds is 2. The molecule has 3 atom stereocenters. The van der Waals surface area contributed by atoms with Gasteiger partial charge in [-0.25, -0.2) is 35.5 Å². The lowest BCUT2D eigenvalue weighted by molar-refractivity contribution is 0.339. The monoisotopic (exact) mass is 417 g/mol. The van der Waals surface area contributed by atoms with Crippen molar-refractivity contribution in [1.29, 1.82) is 0 Å². The van der Waals surface area contributed by atoms with Gasteiger partial charge in [0.25, 0.3) is 0 Å². The minimum atomic E-state index is -4.40. The first-order chi connectivity index (χ1) is 13.1. The highest BCUT2D eigenvalue weighted by atomic mass is 32.2. The molecule has 1 saturated carbocycles. The summed E-state index contributed by atoms with van der Waals surface area (Å²) in [7, 11) is -4.40. The predicted octanol–water partition coefficient (Wildman–Crippen LogP) is 3.70. The van der Waals surface area contributed by atoms with E-state index < -0.39 is 61.3 Å². The summed E-state index contributed by atoms with van der Waals surface area (Å²) in [5.41, 5.74) is 0.347. The quantitative estimate of drug-likeness (QED) is 0.460. The first kappa shape index (κ1) is 19.3. The average Bonchev–Trinajstić information content (AvgIpc) is 2.90. The van der Waals surface area contributed by atoms with Gasteiger partial charge in [-0.05, 0) is 42.7 Å². The van der Waals surface area contributed by atoms with Gasteiger partial charge in [-0.1, -0.05) is 24.3 Å². The van der Waals surface area contributed by atoms with Crippen molar-refractivity contribution in [2.24, 2.45) is 11.1 Å². The van der Waals surface area contributed by atoms with Crippen molar-refractivity contribution in [3.63, 3.8) is 0 Å². The normalized spacial score (nSPS) is 26.8. The van der Waals surface area contributed by atoms with Crippen LogP contribution in [0.25, 0.3) is 0 Å². The standard InChI is InChI=1S/C19H16F5NO2S/c20-14-12(15(21)17(23)18(24)16(14)22)13-10-5-6-19(13,28(25,26)27)8-11-4-2-1-3-9(11)7-10/h1-4,10,13H,5-8H2,(H2,25,26,27). The van der Waals surface area contributed by atoms with Gasteiger partial charge in [-0.3, -0.25) is 0 Å². The van der Waals surface area contributed by atoms with E-state index in [1.165, 1.54) is 0 Å². The lowest BCUT2D eigenvalue weighted by atomic mass is 9.80. The summed E-state index contributed by atoms with van der Waals surface area (Å²) < 4.78 is 94.0. The molecule has 0 aromatic heterocycles. The molecule has 0 spiro atoms. The highest BCUT2D eigenvalue weighted by molar-refractivity contribution is 7.90. The van der Waals surface area contributed by atoms with Crippen molar-refractivity contribution in [2.75, 3.05) is 0 Å². The van der Waals surface area contributed by atoms with Gasteiger partial charge in [0.05, 0.1) is 4.75 Å². The van der Waals surface area contributed by atoms with Crippen molar-refractivity contribution in [3.8, 4) is 0 Å². The van der Waals surface area contributed by atoms with E-state index in [0.29, 0.717) is 5.56 Å². The van der Waals surface area contributed by atoms with Crippen LogP contribution < -0.4 is 5.14 Å². The van der Waals surface area contributed by atoms with Crippen LogP contribution in [0.4, 0.5) is 22.0 Å². The Labute approximate surface area is 158 Å². The molecule has 3 unspecified atom stereocenters. The van der Waals surface area contributed by atoms with Crippen LogP contribution in [-0.4, -0.2) is 13.2 Å². The van der Waals surface area contributed by atoms with E-state index in [4.69, 9.17) is 5.14 Å². The molecule has 2 aromatic carbocycles. The van der Waals surface area contributed by atoms with E-state index >= 15 is 0 Å². The minimum Gasteiger partial charge on any atom is -0.228 e. The van der Waals surface area contributed by atoms with Crippen LogP contribution in [0.5, 0.6) is 0 Å². The molecule has 2 aromatic rings. The summed E-state index contributed by atoms with van der Waals surface area (Å²) in [4.78, 5) is 0. The molecule has 3 nitrogen and oxygen atoms in total. The molecule has 0 heterocycles. The number of hydrogen-bond acceptors (Lipinski definition) is 2. The van der Waals surface area contributed by atoms with Crippen molar-refractivity contribution in [1.82, 2.24) is 0 Å². The number of nitrogens with two attached hydrogens (primary N) is 1. The Balaban J connectivity index is 2.03. The number of sulfonamides is 1. The first-order valence-corrected chi connectivity index (χ1v) is 10.2. The summed E-state index contributed by atoms with van der Waals surface area (Å²) in [6.45, 7) is 0. The van der Waals surface area contributed by atoms with E-state index in [2.05, 4.69) is 0 Å². The Morgan fingerprint density at radius 1 is 0.893 bits per heavy atom. The summed E-state index contributed by atoms with van der Waals surface area (Å²) in [6.07, 6.45) is 0.337. The van der Waals surface area contributed by atoms with E-state index in [9.17, 15) is 30.4 Å². The van der Waals surface area contributed by atoms with E-state index in [-0.39, 0.29) is 25.7 Å². The molecule has 2 bridgehead atoms. The second kappa shape index (κ2) is 6.25. The van der Waals surface area contributed by atoms with Gasteiger partial charge in [0.15, 0.2) is 23.3 Å². The molecule has 0 saturated heterocycles. The van der Waals surface area contributed by atoms with Crippen molar-refractivity contribution >= 4 is 10.0 Å². The third kappa shape index (κ3) is 2.52. The summed E-state index contributed by atoms with van der Waals surface area (Å²) >= 11 is 0. The zero-order valence-electron chi connectivity index (χ0n) is 14.5. The predicted molar refractivity (Wildman–Crippen MR) is 91.4 cm³/mol. The molecule has 2 aliphatic rings. The van der Waals surface area contributed by atoms with Crippen LogP contribution in [0.3, 0.4) is 0 Å². The third-order valence-corrected chi connectivity index (χ3v) is 7.92. The van der Waals surface area contributed by atoms with Gasteiger partial charge in [0.1, 0.15) is 0 Å². The molecule has 28 heavy (non-hydrogen) atoms. The minimum absolute atomic E-state index is 0.0189. The third-order valence-electron chi connectivity index (χ3n) is 6.19. The number of halogens is 5. The van der Waals surface area contributed by atoms with Gasteiger partial charge in [0, 0.05) is 11.5 Å². The van der Waals surface area contributed by atoms with Crippen LogP contribution >= 0.6 is 0 Å². The van der Waals surface area contributed by atoms with Crippen LogP contribution in [0.15, 0.2) is 24.3 Å². The molecule has 150 valence electrons. The summed E-state index contributed by atoms with van der Waals surface area (Å²) in [6, 6.07) is 6.90. The van der Waals surface area contributed by atoms with Gasteiger partial charge in [-0.2, -0.15) is 0 Å². The smallest absolute Gasteiger partial charge is 0.215 e. The molecule has 0 radical (unpaired) electrons. The molecule has 1 fully saturated rings. The average molecular weight is 417 g/mol. The zero-order valence-corrected chi connectivity index (χ0v) is 15.3. The number of hydrogen-bond donors (Lipinski definition) is 1. The molecule has 4 rings (SSSR count). The summed E-state index contributed by atoms with van der Waals surface area (Å²) in [5, 5.41) is 5.51. The zero-order chi connectivity index (χ0) is 20.4. The van der Waals surface area contributed by atoms with Crippen LogP contribution in [0.2, 0.25) is 0 Å². The van der Waals surface area contributed by atoms with Crippen LogP contribution in [-0.2, 0) is 22.9 Å². The Bertz CT molecular complexity index is 1060. The van der Waals surface area contributed by atoms with Crippen LogP contribution in [0.1, 0.15) is 35.4 Å². The lowest BCUT2D eigenvalue weighted by Gasteiger charge is -2.34. The topological polar surface area (TPSA) is 60.2 Å². The van der Waals surface area contributed by atoms with Gasteiger partial charge in [-0.15, -0.1) is 0 Å². The van der Waals surface area contributed by atoms with Crippen molar-refractivity contribution < 1.29 is 30.4 Å². The van der Waals surface area contributed by atoms with Gasteiger partial charge < -0.3 is 0 Å². The van der Waals surface area contributed by atoms with Crippen molar-refractivity contribution in [2.45, 2.75) is 36.3 Å². The van der Waals surface area contributed by atoms with Gasteiger partial charge in [0.2, 0.25) is 15.8 Å². The highest BCUT2D eigenvalue weighted by Crippen LogP contribution is 2.56. The maximum atomic E-state index is 14.6. The van der Waals surface area contributed by atoms with E-state index in [0.717, 1.165) is 5.56 Å². The maximum Gasteiger partial charge on any atom is 0.215 e. The largest absolute Gasteiger partial charge is 0.228 e. The molecular weight excluding hydrogens is 401 g/mol. The molecule has 0 amide bonds. The fourth-order valence-electron chi connectivity index (χ4n) is 4.95. The molecule has 2 N–H and O–H groups in total. The Morgan fingerprint density at radius 2 is 1.43 bits per heavy atom. The fraction of sp³-hybridized carbons (Fsp3) is 0.368. The molecule has 9 heteroatoms. The Morgan fingerprint density at radius 3 is 2.00 bits per heavy atom. The molecular formula is C19H16F5NO2S. The second-order valence-electron chi connectivity index (χ2n) is 7.52. The second-order valence-corrected chi connectivity index (χ2v) is 9.42. The fourth-order valence-corrected chi connectivity index (χ4v) is 6.37. The van der Waals surface area contributed by atoms with Gasteiger partial charge >= 0.3 is 0 Å².